The molecule has 0 aliphatic carbocycles. The molecule has 0 saturated carbocycles. The van der Waals surface area contributed by atoms with Crippen LogP contribution in [0.5, 0.6) is 5.75 Å². The van der Waals surface area contributed by atoms with Crippen LogP contribution in [0, 0.1) is 13.8 Å². The van der Waals surface area contributed by atoms with Gasteiger partial charge in [-0.1, -0.05) is 36.4 Å². The summed E-state index contributed by atoms with van der Waals surface area (Å²) in [6.07, 6.45) is 0. The topological polar surface area (TPSA) is 49.9 Å². The molecule has 0 aromatic heterocycles. The first-order valence-corrected chi connectivity index (χ1v) is 10.5. The minimum absolute atomic E-state index is 0.00210. The highest BCUT2D eigenvalue weighted by molar-refractivity contribution is 6.14. The molecule has 0 radical (unpaired) electrons. The first-order chi connectivity index (χ1) is 15.0. The number of carbonyl (C=O) groups excluding carboxylic acids is 2. The molecule has 3 aromatic carbocycles. The van der Waals surface area contributed by atoms with Crippen LogP contribution in [0.25, 0.3) is 0 Å². The lowest BCUT2D eigenvalue weighted by Crippen LogP contribution is -2.56. The SMILES string of the molecule is CCOc1ccc(N2C(=O)CN(c3ccc(C)c(C)c3)C(=O)[C@H]2c2ccccc2)cc1. The molecular formula is C26H26N2O3. The van der Waals surface area contributed by atoms with Gasteiger partial charge in [0.1, 0.15) is 18.3 Å². The highest BCUT2D eigenvalue weighted by atomic mass is 16.5. The normalized spacial score (nSPS) is 16.5. The van der Waals surface area contributed by atoms with Crippen LogP contribution in [0.2, 0.25) is 0 Å². The lowest BCUT2D eigenvalue weighted by Gasteiger charge is -2.40. The quantitative estimate of drug-likeness (QED) is 0.601. The fraction of sp³-hybridized carbons (Fsp3) is 0.231. The smallest absolute Gasteiger partial charge is 0.255 e. The molecule has 1 aliphatic heterocycles. The van der Waals surface area contributed by atoms with Crippen LogP contribution >= 0.6 is 0 Å². The van der Waals surface area contributed by atoms with Gasteiger partial charge in [0.15, 0.2) is 0 Å². The van der Waals surface area contributed by atoms with Crippen molar-refractivity contribution in [3.05, 3.63) is 89.5 Å². The third-order valence-corrected chi connectivity index (χ3v) is 5.66. The number of carbonyl (C=O) groups is 2. The van der Waals surface area contributed by atoms with Crippen LogP contribution in [-0.4, -0.2) is 25.0 Å². The molecule has 1 aliphatic rings. The molecule has 1 atom stereocenters. The highest BCUT2D eigenvalue weighted by Gasteiger charge is 2.41. The first kappa shape index (κ1) is 20.7. The fourth-order valence-corrected chi connectivity index (χ4v) is 3.89. The van der Waals surface area contributed by atoms with E-state index in [1.54, 1.807) is 9.80 Å². The summed E-state index contributed by atoms with van der Waals surface area (Å²) < 4.78 is 5.52. The molecule has 1 saturated heterocycles. The van der Waals surface area contributed by atoms with Crippen molar-refractivity contribution in [2.75, 3.05) is 23.0 Å². The number of benzene rings is 3. The van der Waals surface area contributed by atoms with Gasteiger partial charge in [-0.3, -0.25) is 14.5 Å². The molecule has 158 valence electrons. The van der Waals surface area contributed by atoms with Crippen LogP contribution in [0.3, 0.4) is 0 Å². The van der Waals surface area contributed by atoms with Crippen molar-refractivity contribution in [3.63, 3.8) is 0 Å². The molecule has 1 fully saturated rings. The zero-order chi connectivity index (χ0) is 22.0. The molecule has 0 unspecified atom stereocenters. The molecule has 2 amide bonds. The van der Waals surface area contributed by atoms with E-state index in [4.69, 9.17) is 4.74 Å². The van der Waals surface area contributed by atoms with Crippen molar-refractivity contribution < 1.29 is 14.3 Å². The Morgan fingerprint density at radius 1 is 0.871 bits per heavy atom. The molecule has 5 nitrogen and oxygen atoms in total. The van der Waals surface area contributed by atoms with Crippen molar-refractivity contribution >= 4 is 23.2 Å². The van der Waals surface area contributed by atoms with Crippen LogP contribution in [0.1, 0.15) is 29.7 Å². The second kappa shape index (κ2) is 8.64. The van der Waals surface area contributed by atoms with E-state index in [9.17, 15) is 9.59 Å². The van der Waals surface area contributed by atoms with Crippen LogP contribution < -0.4 is 14.5 Å². The molecule has 0 spiro atoms. The van der Waals surface area contributed by atoms with Gasteiger partial charge in [-0.2, -0.15) is 0 Å². The maximum Gasteiger partial charge on any atom is 0.255 e. The van der Waals surface area contributed by atoms with E-state index < -0.39 is 6.04 Å². The van der Waals surface area contributed by atoms with Crippen molar-refractivity contribution in [2.45, 2.75) is 26.8 Å². The molecule has 1 heterocycles. The summed E-state index contributed by atoms with van der Waals surface area (Å²) in [4.78, 5) is 30.3. The Hall–Kier alpha value is -3.60. The number of amides is 2. The van der Waals surface area contributed by atoms with E-state index >= 15 is 0 Å². The fourth-order valence-electron chi connectivity index (χ4n) is 3.89. The number of piperazine rings is 1. The summed E-state index contributed by atoms with van der Waals surface area (Å²) in [5.74, 6) is 0.480. The Morgan fingerprint density at radius 3 is 2.19 bits per heavy atom. The van der Waals surface area contributed by atoms with Gasteiger partial charge in [0.2, 0.25) is 5.91 Å². The average molecular weight is 415 g/mol. The number of ether oxygens (including phenoxy) is 1. The minimum Gasteiger partial charge on any atom is -0.494 e. The average Bonchev–Trinajstić information content (AvgIpc) is 2.78. The molecule has 0 N–H and O–H groups in total. The number of hydrogen-bond acceptors (Lipinski definition) is 3. The number of hydrogen-bond donors (Lipinski definition) is 0. The van der Waals surface area contributed by atoms with Gasteiger partial charge >= 0.3 is 0 Å². The summed E-state index contributed by atoms with van der Waals surface area (Å²) in [5.41, 5.74) is 4.44. The third-order valence-electron chi connectivity index (χ3n) is 5.66. The van der Waals surface area contributed by atoms with E-state index in [-0.39, 0.29) is 18.4 Å². The zero-order valence-electron chi connectivity index (χ0n) is 18.0. The van der Waals surface area contributed by atoms with Gasteiger partial charge < -0.3 is 9.64 Å². The molecule has 4 rings (SSSR count). The molecule has 3 aromatic rings. The summed E-state index contributed by atoms with van der Waals surface area (Å²) >= 11 is 0. The highest BCUT2D eigenvalue weighted by Crippen LogP contribution is 2.35. The van der Waals surface area contributed by atoms with Crippen molar-refractivity contribution in [3.8, 4) is 5.75 Å². The van der Waals surface area contributed by atoms with E-state index in [2.05, 4.69) is 0 Å². The van der Waals surface area contributed by atoms with Gasteiger partial charge in [-0.05, 0) is 73.9 Å². The van der Waals surface area contributed by atoms with Crippen LogP contribution in [0.15, 0.2) is 72.8 Å². The monoisotopic (exact) mass is 414 g/mol. The van der Waals surface area contributed by atoms with Gasteiger partial charge in [-0.25, -0.2) is 0 Å². The maximum absolute atomic E-state index is 13.7. The lowest BCUT2D eigenvalue weighted by atomic mass is 9.99. The molecule has 31 heavy (non-hydrogen) atoms. The largest absolute Gasteiger partial charge is 0.494 e. The number of aryl methyl sites for hydroxylation is 2. The first-order valence-electron chi connectivity index (χ1n) is 10.5. The number of anilines is 2. The Kier molecular flexibility index (Phi) is 5.76. The van der Waals surface area contributed by atoms with E-state index in [1.807, 2.05) is 93.6 Å². The standard InChI is InChI=1S/C26H26N2O3/c1-4-31-23-14-12-21(13-15-23)28-24(29)17-27(22-11-10-18(2)19(3)16-22)26(30)25(28)20-8-6-5-7-9-20/h5-16,25H,4,17H2,1-3H3/t25-/m1/s1. The van der Waals surface area contributed by atoms with Gasteiger partial charge in [0, 0.05) is 11.4 Å². The molecule has 5 heteroatoms. The Morgan fingerprint density at radius 2 is 1.55 bits per heavy atom. The summed E-state index contributed by atoms with van der Waals surface area (Å²) in [7, 11) is 0. The zero-order valence-corrected chi connectivity index (χ0v) is 18.0. The Labute approximate surface area is 182 Å². The summed E-state index contributed by atoms with van der Waals surface area (Å²) in [6, 6.07) is 21.9. The van der Waals surface area contributed by atoms with E-state index in [0.717, 1.165) is 28.1 Å². The van der Waals surface area contributed by atoms with E-state index in [0.29, 0.717) is 12.3 Å². The minimum atomic E-state index is -0.734. The summed E-state index contributed by atoms with van der Waals surface area (Å²) in [5, 5.41) is 0. The molecular weight excluding hydrogens is 388 g/mol. The summed E-state index contributed by atoms with van der Waals surface area (Å²) in [6.45, 7) is 6.53. The second-order valence-corrected chi connectivity index (χ2v) is 7.70. The van der Waals surface area contributed by atoms with Crippen LogP contribution in [-0.2, 0) is 9.59 Å². The third kappa shape index (κ3) is 4.04. The molecule has 0 bridgehead atoms. The Bertz CT molecular complexity index is 1090. The number of nitrogens with zero attached hydrogens (tertiary/aromatic N) is 2. The maximum atomic E-state index is 13.7. The van der Waals surface area contributed by atoms with Crippen molar-refractivity contribution in [1.82, 2.24) is 0 Å². The van der Waals surface area contributed by atoms with Gasteiger partial charge in [0.25, 0.3) is 5.91 Å². The Balaban J connectivity index is 1.76. The second-order valence-electron chi connectivity index (χ2n) is 7.70. The van der Waals surface area contributed by atoms with Crippen LogP contribution in [0.4, 0.5) is 11.4 Å². The number of rotatable bonds is 5. The van der Waals surface area contributed by atoms with Gasteiger partial charge in [-0.15, -0.1) is 0 Å². The predicted molar refractivity (Wildman–Crippen MR) is 123 cm³/mol. The van der Waals surface area contributed by atoms with Crippen molar-refractivity contribution in [1.29, 1.82) is 0 Å². The van der Waals surface area contributed by atoms with Crippen molar-refractivity contribution in [2.24, 2.45) is 0 Å². The van der Waals surface area contributed by atoms with E-state index in [1.165, 1.54) is 0 Å². The lowest BCUT2D eigenvalue weighted by molar-refractivity contribution is -0.128. The van der Waals surface area contributed by atoms with Gasteiger partial charge in [0.05, 0.1) is 6.61 Å². The predicted octanol–water partition coefficient (Wildman–Crippen LogP) is 4.82.